The fraction of sp³-hybridized carbons (Fsp3) is 0.348. The van der Waals surface area contributed by atoms with Gasteiger partial charge in [-0.15, -0.1) is 0 Å². The fourth-order valence-corrected chi connectivity index (χ4v) is 4.51. The summed E-state index contributed by atoms with van der Waals surface area (Å²) in [5.41, 5.74) is 4.28. The van der Waals surface area contributed by atoms with Gasteiger partial charge < -0.3 is 9.30 Å². The minimum Gasteiger partial charge on any atom is -0.364 e. The van der Waals surface area contributed by atoms with Crippen LogP contribution in [0, 0.1) is 12.7 Å². The number of likely N-dealkylation sites (tertiary alicyclic amines) is 1. The Labute approximate surface area is 164 Å². The monoisotopic (exact) mass is 377 g/mol. The van der Waals surface area contributed by atoms with Crippen molar-refractivity contribution < 1.29 is 9.13 Å². The second kappa shape index (κ2) is 6.83. The van der Waals surface area contributed by atoms with E-state index in [-0.39, 0.29) is 11.4 Å². The largest absolute Gasteiger partial charge is 0.364 e. The van der Waals surface area contributed by atoms with Crippen LogP contribution in [0.5, 0.6) is 0 Å². The lowest BCUT2D eigenvalue weighted by Crippen LogP contribution is -2.44. The van der Waals surface area contributed by atoms with Crippen molar-refractivity contribution >= 4 is 0 Å². The zero-order valence-electron chi connectivity index (χ0n) is 16.1. The molecule has 0 saturated carbocycles. The number of fused-ring (bicyclic) bond motifs is 1. The van der Waals surface area contributed by atoms with Gasteiger partial charge in [0.15, 0.2) is 0 Å². The first kappa shape index (κ1) is 17.6. The number of aryl methyl sites for hydroxylation is 1. The van der Waals surface area contributed by atoms with Gasteiger partial charge in [-0.2, -0.15) is 0 Å². The van der Waals surface area contributed by atoms with E-state index in [0.717, 1.165) is 49.7 Å². The Balaban J connectivity index is 1.36. The molecular weight excluding hydrogens is 353 g/mol. The number of imidazole rings is 1. The van der Waals surface area contributed by atoms with Crippen LogP contribution in [0.4, 0.5) is 4.39 Å². The predicted octanol–water partition coefficient (Wildman–Crippen LogP) is 4.17. The van der Waals surface area contributed by atoms with Crippen molar-refractivity contribution in [1.82, 2.24) is 14.5 Å². The molecule has 1 atom stereocenters. The van der Waals surface area contributed by atoms with Crippen LogP contribution in [0.3, 0.4) is 0 Å². The molecule has 0 radical (unpaired) electrons. The van der Waals surface area contributed by atoms with E-state index in [1.165, 1.54) is 17.2 Å². The minimum absolute atomic E-state index is 0.195. The number of halogens is 1. The lowest BCUT2D eigenvalue weighted by Gasteiger charge is -2.35. The zero-order valence-corrected chi connectivity index (χ0v) is 16.1. The molecule has 1 spiro atoms. The summed E-state index contributed by atoms with van der Waals surface area (Å²) in [6.07, 6.45) is 2.84. The second-order valence-corrected chi connectivity index (χ2v) is 8.08. The first-order chi connectivity index (χ1) is 13.6. The smallest absolute Gasteiger partial charge is 0.135 e. The number of rotatable bonds is 3. The average Bonchev–Trinajstić information content (AvgIpc) is 3.26. The SMILES string of the molecule is Cc1cccc(CN2CCC3(C2)Cn2c(-c4cccc(F)c4)cnc2CO3)c1. The van der Waals surface area contributed by atoms with Gasteiger partial charge in [-0.3, -0.25) is 4.90 Å². The van der Waals surface area contributed by atoms with Gasteiger partial charge in [0.2, 0.25) is 0 Å². The van der Waals surface area contributed by atoms with Gasteiger partial charge in [0.05, 0.1) is 18.4 Å². The number of benzene rings is 2. The van der Waals surface area contributed by atoms with Crippen LogP contribution in [0.15, 0.2) is 54.7 Å². The van der Waals surface area contributed by atoms with Crippen LogP contribution in [-0.4, -0.2) is 33.1 Å². The molecule has 1 fully saturated rings. The van der Waals surface area contributed by atoms with Crippen molar-refractivity contribution in [2.75, 3.05) is 13.1 Å². The van der Waals surface area contributed by atoms with Crippen LogP contribution in [0.2, 0.25) is 0 Å². The fourth-order valence-electron chi connectivity index (χ4n) is 4.51. The summed E-state index contributed by atoms with van der Waals surface area (Å²) in [6, 6.07) is 15.4. The number of nitrogens with zero attached hydrogens (tertiary/aromatic N) is 3. The maximum atomic E-state index is 13.7. The Morgan fingerprint density at radius 3 is 2.89 bits per heavy atom. The number of hydrogen-bond donors (Lipinski definition) is 0. The maximum absolute atomic E-state index is 13.7. The van der Waals surface area contributed by atoms with Crippen molar-refractivity contribution in [1.29, 1.82) is 0 Å². The summed E-state index contributed by atoms with van der Waals surface area (Å²) in [5.74, 6) is 0.696. The third-order valence-electron chi connectivity index (χ3n) is 5.90. The Morgan fingerprint density at radius 2 is 2.04 bits per heavy atom. The predicted molar refractivity (Wildman–Crippen MR) is 106 cm³/mol. The molecule has 2 aliphatic rings. The van der Waals surface area contributed by atoms with Crippen LogP contribution in [0.25, 0.3) is 11.3 Å². The van der Waals surface area contributed by atoms with E-state index in [9.17, 15) is 4.39 Å². The molecule has 144 valence electrons. The Kier molecular flexibility index (Phi) is 4.29. The summed E-state index contributed by atoms with van der Waals surface area (Å²) in [4.78, 5) is 6.99. The molecule has 3 heterocycles. The molecule has 0 N–H and O–H groups in total. The molecule has 1 aromatic heterocycles. The van der Waals surface area contributed by atoms with Crippen molar-refractivity contribution in [2.45, 2.75) is 38.6 Å². The maximum Gasteiger partial charge on any atom is 0.135 e. The summed E-state index contributed by atoms with van der Waals surface area (Å²) in [6.45, 7) is 6.27. The van der Waals surface area contributed by atoms with Crippen molar-refractivity contribution in [2.24, 2.45) is 0 Å². The summed E-state index contributed by atoms with van der Waals surface area (Å²) < 4.78 is 22.2. The molecule has 28 heavy (non-hydrogen) atoms. The quantitative estimate of drug-likeness (QED) is 0.686. The Bertz CT molecular complexity index is 1010. The molecule has 2 aromatic carbocycles. The summed E-state index contributed by atoms with van der Waals surface area (Å²) >= 11 is 0. The number of hydrogen-bond acceptors (Lipinski definition) is 3. The molecule has 0 amide bonds. The third kappa shape index (κ3) is 3.25. The minimum atomic E-state index is -0.222. The Hall–Kier alpha value is -2.50. The topological polar surface area (TPSA) is 30.3 Å². The van der Waals surface area contributed by atoms with Gasteiger partial charge in [0.1, 0.15) is 23.8 Å². The molecule has 3 aromatic rings. The molecular formula is C23H24FN3O. The molecule has 2 aliphatic heterocycles. The molecule has 4 nitrogen and oxygen atoms in total. The zero-order chi connectivity index (χ0) is 19.1. The third-order valence-corrected chi connectivity index (χ3v) is 5.90. The van der Waals surface area contributed by atoms with E-state index in [0.29, 0.717) is 6.61 Å². The lowest BCUT2D eigenvalue weighted by atomic mass is 10.0. The molecule has 1 saturated heterocycles. The van der Waals surface area contributed by atoms with Crippen molar-refractivity contribution in [3.63, 3.8) is 0 Å². The van der Waals surface area contributed by atoms with E-state index >= 15 is 0 Å². The van der Waals surface area contributed by atoms with Crippen molar-refractivity contribution in [3.05, 3.63) is 77.5 Å². The van der Waals surface area contributed by atoms with E-state index in [1.54, 1.807) is 12.1 Å². The van der Waals surface area contributed by atoms with Gasteiger partial charge in [0.25, 0.3) is 0 Å². The number of aromatic nitrogens is 2. The molecule has 5 heteroatoms. The Morgan fingerprint density at radius 1 is 1.14 bits per heavy atom. The lowest BCUT2D eigenvalue weighted by molar-refractivity contribution is -0.0821. The summed E-state index contributed by atoms with van der Waals surface area (Å²) in [7, 11) is 0. The highest BCUT2D eigenvalue weighted by Gasteiger charge is 2.43. The highest BCUT2D eigenvalue weighted by atomic mass is 19.1. The van der Waals surface area contributed by atoms with E-state index in [2.05, 4.69) is 45.6 Å². The average molecular weight is 377 g/mol. The number of ether oxygens (including phenoxy) is 1. The molecule has 0 aliphatic carbocycles. The van der Waals surface area contributed by atoms with E-state index < -0.39 is 0 Å². The van der Waals surface area contributed by atoms with E-state index in [4.69, 9.17) is 4.74 Å². The van der Waals surface area contributed by atoms with Crippen LogP contribution in [-0.2, 0) is 24.4 Å². The van der Waals surface area contributed by atoms with Crippen LogP contribution in [0.1, 0.15) is 23.4 Å². The van der Waals surface area contributed by atoms with Crippen LogP contribution >= 0.6 is 0 Å². The van der Waals surface area contributed by atoms with Gasteiger partial charge in [-0.05, 0) is 31.0 Å². The molecule has 0 bridgehead atoms. The first-order valence-electron chi connectivity index (χ1n) is 9.82. The summed E-state index contributed by atoms with van der Waals surface area (Å²) in [5, 5.41) is 0. The van der Waals surface area contributed by atoms with Gasteiger partial charge >= 0.3 is 0 Å². The standard InChI is InChI=1S/C23H24FN3O/c1-17-4-2-5-18(10-17)13-26-9-8-23(15-26)16-27-21(12-25-22(27)14-28-23)19-6-3-7-20(24)11-19/h2-7,10-12H,8-9,13-16H2,1H3. The second-order valence-electron chi connectivity index (χ2n) is 8.08. The van der Waals surface area contributed by atoms with Gasteiger partial charge in [-0.25, -0.2) is 9.37 Å². The molecule has 1 unspecified atom stereocenters. The molecule has 5 rings (SSSR count). The highest BCUT2D eigenvalue weighted by Crippen LogP contribution is 2.35. The van der Waals surface area contributed by atoms with Crippen molar-refractivity contribution in [3.8, 4) is 11.3 Å². The first-order valence-corrected chi connectivity index (χ1v) is 9.82. The normalized spacial score (nSPS) is 21.9. The van der Waals surface area contributed by atoms with Crippen LogP contribution < -0.4 is 0 Å². The van der Waals surface area contributed by atoms with Gasteiger partial charge in [-0.1, -0.05) is 42.0 Å². The van der Waals surface area contributed by atoms with E-state index in [1.807, 2.05) is 12.3 Å². The highest BCUT2D eigenvalue weighted by molar-refractivity contribution is 5.59. The van der Waals surface area contributed by atoms with Gasteiger partial charge in [0, 0.05) is 25.2 Å².